The molecule has 1 aliphatic carbocycles. The van der Waals surface area contributed by atoms with Crippen molar-refractivity contribution in [3.8, 4) is 0 Å². The molecule has 0 radical (unpaired) electrons. The normalized spacial score (nSPS) is 17.7. The highest BCUT2D eigenvalue weighted by atomic mass is 79.9. The summed E-state index contributed by atoms with van der Waals surface area (Å²) in [4.78, 5) is 16.0. The van der Waals surface area contributed by atoms with Gasteiger partial charge in [0, 0.05) is 12.0 Å². The molecule has 1 saturated carbocycles. The summed E-state index contributed by atoms with van der Waals surface area (Å²) in [5.74, 6) is -0.184. The number of pyridine rings is 1. The Hall–Kier alpha value is -0.940. The van der Waals surface area contributed by atoms with Crippen molar-refractivity contribution in [2.75, 3.05) is 13.2 Å². The number of hydrogen-bond donors (Lipinski definition) is 2. The number of hydrogen-bond acceptors (Lipinski definition) is 3. The Morgan fingerprint density at radius 2 is 2.17 bits per heavy atom. The number of carbonyl (C=O) groups excluding carboxylic acids is 1. The molecule has 2 N–H and O–H groups in total. The van der Waals surface area contributed by atoms with E-state index in [1.807, 2.05) is 0 Å². The van der Waals surface area contributed by atoms with Gasteiger partial charge in [0.1, 0.15) is 10.3 Å². The number of aliphatic hydroxyl groups excluding tert-OH is 1. The van der Waals surface area contributed by atoms with Gasteiger partial charge in [0.2, 0.25) is 0 Å². The van der Waals surface area contributed by atoms with Gasteiger partial charge in [0.05, 0.1) is 6.61 Å². The van der Waals surface area contributed by atoms with Gasteiger partial charge in [-0.2, -0.15) is 0 Å². The van der Waals surface area contributed by atoms with Crippen LogP contribution in [0.2, 0.25) is 0 Å². The summed E-state index contributed by atoms with van der Waals surface area (Å²) in [6, 6.07) is 5.24. The zero-order valence-electron chi connectivity index (χ0n) is 10.2. The van der Waals surface area contributed by atoms with Crippen molar-refractivity contribution < 1.29 is 9.90 Å². The Morgan fingerprint density at radius 3 is 2.78 bits per heavy atom. The van der Waals surface area contributed by atoms with Crippen molar-refractivity contribution in [2.24, 2.45) is 5.41 Å². The molecule has 18 heavy (non-hydrogen) atoms. The van der Waals surface area contributed by atoms with Gasteiger partial charge in [-0.15, -0.1) is 0 Å². The second-order valence-corrected chi connectivity index (χ2v) is 5.71. The van der Waals surface area contributed by atoms with Crippen LogP contribution in [0.25, 0.3) is 0 Å². The van der Waals surface area contributed by atoms with Crippen molar-refractivity contribution in [1.82, 2.24) is 10.3 Å². The van der Waals surface area contributed by atoms with Crippen LogP contribution >= 0.6 is 15.9 Å². The lowest BCUT2D eigenvalue weighted by molar-refractivity contribution is 0.0876. The molecule has 1 amide bonds. The SMILES string of the molecule is O=C(NCC1(CO)CCCC1)c1cccc(Br)n1. The molecule has 1 aromatic rings. The van der Waals surface area contributed by atoms with Crippen LogP contribution in [-0.2, 0) is 0 Å². The quantitative estimate of drug-likeness (QED) is 0.837. The Bertz CT molecular complexity index is 431. The van der Waals surface area contributed by atoms with Crippen LogP contribution in [0.5, 0.6) is 0 Å². The van der Waals surface area contributed by atoms with E-state index in [4.69, 9.17) is 0 Å². The molecular formula is C13H17BrN2O2. The molecule has 0 atom stereocenters. The third-order valence-electron chi connectivity index (χ3n) is 3.57. The van der Waals surface area contributed by atoms with Gasteiger partial charge in [0.25, 0.3) is 5.91 Å². The van der Waals surface area contributed by atoms with E-state index in [9.17, 15) is 9.90 Å². The molecule has 0 saturated heterocycles. The number of carbonyl (C=O) groups is 1. The van der Waals surface area contributed by atoms with Crippen LogP contribution in [0.4, 0.5) is 0 Å². The minimum Gasteiger partial charge on any atom is -0.396 e. The summed E-state index contributed by atoms with van der Waals surface area (Å²) < 4.78 is 0.646. The number of aromatic nitrogens is 1. The van der Waals surface area contributed by atoms with Crippen LogP contribution in [-0.4, -0.2) is 29.1 Å². The van der Waals surface area contributed by atoms with Gasteiger partial charge in [-0.3, -0.25) is 4.79 Å². The first-order chi connectivity index (χ1) is 8.65. The molecule has 0 unspecified atom stereocenters. The summed E-state index contributed by atoms with van der Waals surface area (Å²) in [6.45, 7) is 0.662. The van der Waals surface area contributed by atoms with Gasteiger partial charge in [-0.05, 0) is 40.9 Å². The standard InChI is InChI=1S/C13H17BrN2O2/c14-11-5-3-4-10(16-11)12(18)15-8-13(9-17)6-1-2-7-13/h3-5,17H,1-2,6-9H2,(H,15,18). The van der Waals surface area contributed by atoms with Gasteiger partial charge < -0.3 is 10.4 Å². The topological polar surface area (TPSA) is 62.2 Å². The van der Waals surface area contributed by atoms with E-state index in [-0.39, 0.29) is 17.9 Å². The van der Waals surface area contributed by atoms with Gasteiger partial charge >= 0.3 is 0 Å². The predicted molar refractivity (Wildman–Crippen MR) is 72.3 cm³/mol. The van der Waals surface area contributed by atoms with Gasteiger partial charge in [-0.25, -0.2) is 4.98 Å². The number of amides is 1. The number of halogens is 1. The van der Waals surface area contributed by atoms with Crippen LogP contribution in [0.1, 0.15) is 36.2 Å². The highest BCUT2D eigenvalue weighted by molar-refractivity contribution is 9.10. The van der Waals surface area contributed by atoms with Crippen LogP contribution in [0, 0.1) is 5.41 Å². The monoisotopic (exact) mass is 312 g/mol. The lowest BCUT2D eigenvalue weighted by Crippen LogP contribution is -2.38. The fourth-order valence-corrected chi connectivity index (χ4v) is 2.75. The van der Waals surface area contributed by atoms with Crippen molar-refractivity contribution >= 4 is 21.8 Å². The van der Waals surface area contributed by atoms with E-state index in [2.05, 4.69) is 26.2 Å². The molecule has 0 spiro atoms. The molecule has 0 aromatic carbocycles. The van der Waals surface area contributed by atoms with Crippen molar-refractivity contribution in [3.05, 3.63) is 28.5 Å². The van der Waals surface area contributed by atoms with Gasteiger partial charge in [0.15, 0.2) is 0 Å². The average Bonchev–Trinajstić information content (AvgIpc) is 2.85. The molecule has 0 aliphatic heterocycles. The maximum atomic E-state index is 11.9. The minimum absolute atomic E-state index is 0.123. The minimum atomic E-state index is -0.184. The molecule has 98 valence electrons. The largest absolute Gasteiger partial charge is 0.396 e. The molecule has 1 aliphatic rings. The molecule has 4 nitrogen and oxygen atoms in total. The molecule has 1 heterocycles. The Kier molecular flexibility index (Phi) is 4.35. The summed E-state index contributed by atoms with van der Waals surface area (Å²) in [6.07, 6.45) is 4.22. The summed E-state index contributed by atoms with van der Waals surface area (Å²) >= 11 is 3.24. The zero-order chi connectivity index (χ0) is 13.0. The lowest BCUT2D eigenvalue weighted by atomic mass is 9.87. The molecule has 1 fully saturated rings. The molecule has 1 aromatic heterocycles. The second-order valence-electron chi connectivity index (χ2n) is 4.89. The summed E-state index contributed by atoms with van der Waals surface area (Å²) in [5, 5.41) is 12.3. The van der Waals surface area contributed by atoms with E-state index in [1.54, 1.807) is 18.2 Å². The fraction of sp³-hybridized carbons (Fsp3) is 0.538. The Balaban J connectivity index is 1.96. The summed E-state index contributed by atoms with van der Waals surface area (Å²) in [5.41, 5.74) is 0.275. The van der Waals surface area contributed by atoms with Crippen molar-refractivity contribution in [3.63, 3.8) is 0 Å². The predicted octanol–water partition coefficient (Wildman–Crippen LogP) is 2.13. The number of rotatable bonds is 4. The summed E-state index contributed by atoms with van der Waals surface area (Å²) in [7, 11) is 0. The average molecular weight is 313 g/mol. The molecule has 2 rings (SSSR count). The zero-order valence-corrected chi connectivity index (χ0v) is 11.7. The highest BCUT2D eigenvalue weighted by Crippen LogP contribution is 2.36. The van der Waals surface area contributed by atoms with Crippen molar-refractivity contribution in [2.45, 2.75) is 25.7 Å². The van der Waals surface area contributed by atoms with Gasteiger partial charge in [-0.1, -0.05) is 18.9 Å². The fourth-order valence-electron chi connectivity index (χ4n) is 2.41. The Morgan fingerprint density at radius 1 is 1.44 bits per heavy atom. The number of aliphatic hydroxyl groups is 1. The Labute approximate surface area is 115 Å². The van der Waals surface area contributed by atoms with E-state index >= 15 is 0 Å². The van der Waals surface area contributed by atoms with Crippen LogP contribution < -0.4 is 5.32 Å². The van der Waals surface area contributed by atoms with E-state index < -0.39 is 0 Å². The number of nitrogens with one attached hydrogen (secondary N) is 1. The molecular weight excluding hydrogens is 296 g/mol. The van der Waals surface area contributed by atoms with E-state index in [0.29, 0.717) is 16.8 Å². The second kappa shape index (κ2) is 5.80. The highest BCUT2D eigenvalue weighted by Gasteiger charge is 2.33. The van der Waals surface area contributed by atoms with Crippen molar-refractivity contribution in [1.29, 1.82) is 0 Å². The van der Waals surface area contributed by atoms with E-state index in [1.165, 1.54) is 0 Å². The van der Waals surface area contributed by atoms with Crippen LogP contribution in [0.3, 0.4) is 0 Å². The third kappa shape index (κ3) is 3.09. The maximum absolute atomic E-state index is 11.9. The third-order valence-corrected chi connectivity index (χ3v) is 4.01. The first kappa shape index (κ1) is 13.5. The smallest absolute Gasteiger partial charge is 0.269 e. The molecule has 5 heteroatoms. The lowest BCUT2D eigenvalue weighted by Gasteiger charge is -2.26. The van der Waals surface area contributed by atoms with Crippen LogP contribution in [0.15, 0.2) is 22.8 Å². The first-order valence-corrected chi connectivity index (χ1v) is 6.96. The first-order valence-electron chi connectivity index (χ1n) is 6.17. The molecule has 0 bridgehead atoms. The number of nitrogens with zero attached hydrogens (tertiary/aromatic N) is 1. The van der Waals surface area contributed by atoms with E-state index in [0.717, 1.165) is 25.7 Å². The maximum Gasteiger partial charge on any atom is 0.269 e.